The van der Waals surface area contributed by atoms with Gasteiger partial charge < -0.3 is 10.1 Å². The van der Waals surface area contributed by atoms with Crippen molar-refractivity contribution in [3.63, 3.8) is 0 Å². The minimum atomic E-state index is 0.456. The molecule has 4 nitrogen and oxygen atoms in total. The number of ether oxygens (including phenoxy) is 1. The van der Waals surface area contributed by atoms with Gasteiger partial charge in [-0.15, -0.1) is 0 Å². The third-order valence-corrected chi connectivity index (χ3v) is 4.75. The monoisotopic (exact) mass is 291 g/mol. The highest BCUT2D eigenvalue weighted by molar-refractivity contribution is 5.27. The molecule has 1 aromatic heterocycles. The second-order valence-corrected chi connectivity index (χ2v) is 6.38. The Kier molecular flexibility index (Phi) is 4.96. The zero-order chi connectivity index (χ0) is 14.7. The van der Waals surface area contributed by atoms with Crippen molar-refractivity contribution >= 4 is 0 Å². The van der Waals surface area contributed by atoms with Crippen molar-refractivity contribution in [1.82, 2.24) is 15.1 Å². The summed E-state index contributed by atoms with van der Waals surface area (Å²) in [5, 5.41) is 8.53. The Morgan fingerprint density at radius 2 is 2.10 bits per heavy atom. The van der Waals surface area contributed by atoms with Gasteiger partial charge in [-0.1, -0.05) is 13.8 Å². The highest BCUT2D eigenvalue weighted by Crippen LogP contribution is 2.23. The van der Waals surface area contributed by atoms with Crippen molar-refractivity contribution < 1.29 is 4.74 Å². The lowest BCUT2D eigenvalue weighted by molar-refractivity contribution is 0.0992. The molecule has 1 aliphatic heterocycles. The molecule has 0 amide bonds. The van der Waals surface area contributed by atoms with Crippen LogP contribution in [-0.2, 0) is 30.7 Å². The molecule has 1 atom stereocenters. The first-order valence-electron chi connectivity index (χ1n) is 8.74. The van der Waals surface area contributed by atoms with E-state index in [1.54, 1.807) is 0 Å². The normalized spacial score (nSPS) is 22.1. The quantitative estimate of drug-likeness (QED) is 0.800. The summed E-state index contributed by atoms with van der Waals surface area (Å²) in [6.07, 6.45) is 8.79. The summed E-state index contributed by atoms with van der Waals surface area (Å²) in [5.41, 5.74) is 4.17. The molecule has 1 aromatic rings. The molecule has 1 aliphatic carbocycles. The van der Waals surface area contributed by atoms with Gasteiger partial charge in [0.25, 0.3) is 0 Å². The van der Waals surface area contributed by atoms with Gasteiger partial charge in [0.2, 0.25) is 0 Å². The van der Waals surface area contributed by atoms with Crippen molar-refractivity contribution in [2.45, 2.75) is 84.0 Å². The maximum Gasteiger partial charge on any atom is 0.0669 e. The molecule has 4 heteroatoms. The first-order valence-corrected chi connectivity index (χ1v) is 8.74. The van der Waals surface area contributed by atoms with Crippen LogP contribution >= 0.6 is 0 Å². The van der Waals surface area contributed by atoms with E-state index >= 15 is 0 Å². The summed E-state index contributed by atoms with van der Waals surface area (Å²) in [6, 6.07) is 0.759. The molecular formula is C17H29N3O. The van der Waals surface area contributed by atoms with Crippen LogP contribution in [0.25, 0.3) is 0 Å². The number of hydrogen-bond acceptors (Lipinski definition) is 3. The van der Waals surface area contributed by atoms with Gasteiger partial charge in [-0.05, 0) is 44.9 Å². The lowest BCUT2D eigenvalue weighted by Gasteiger charge is -2.12. The predicted octanol–water partition coefficient (Wildman–Crippen LogP) is 2.83. The summed E-state index contributed by atoms with van der Waals surface area (Å²) in [4.78, 5) is 0. The smallest absolute Gasteiger partial charge is 0.0669 e. The van der Waals surface area contributed by atoms with Gasteiger partial charge in [0.1, 0.15) is 0 Å². The lowest BCUT2D eigenvalue weighted by Crippen LogP contribution is -2.17. The van der Waals surface area contributed by atoms with Crippen molar-refractivity contribution in [3.05, 3.63) is 17.0 Å². The van der Waals surface area contributed by atoms with E-state index in [0.717, 1.165) is 45.0 Å². The molecule has 1 unspecified atom stereocenters. The Labute approximate surface area is 128 Å². The van der Waals surface area contributed by atoms with Crippen LogP contribution in [0, 0.1) is 0 Å². The predicted molar refractivity (Wildman–Crippen MR) is 84.4 cm³/mol. The van der Waals surface area contributed by atoms with Crippen LogP contribution in [0.1, 0.15) is 62.9 Å². The van der Waals surface area contributed by atoms with Crippen molar-refractivity contribution in [2.75, 3.05) is 6.61 Å². The molecule has 2 aliphatic rings. The molecule has 1 saturated heterocycles. The number of rotatable bonds is 8. The summed E-state index contributed by atoms with van der Waals surface area (Å²) >= 11 is 0. The van der Waals surface area contributed by atoms with Gasteiger partial charge in [-0.25, -0.2) is 0 Å². The summed E-state index contributed by atoms with van der Waals surface area (Å²) in [7, 11) is 0. The van der Waals surface area contributed by atoms with E-state index in [0.29, 0.717) is 6.10 Å². The van der Waals surface area contributed by atoms with E-state index in [1.165, 1.54) is 42.6 Å². The first kappa shape index (κ1) is 15.0. The molecule has 2 heterocycles. The Balaban J connectivity index is 1.68. The van der Waals surface area contributed by atoms with Crippen LogP contribution in [0.5, 0.6) is 0 Å². The minimum absolute atomic E-state index is 0.456. The second kappa shape index (κ2) is 6.93. The Hall–Kier alpha value is -0.870. The highest BCUT2D eigenvalue weighted by atomic mass is 16.5. The van der Waals surface area contributed by atoms with Crippen molar-refractivity contribution in [1.29, 1.82) is 0 Å². The summed E-state index contributed by atoms with van der Waals surface area (Å²) in [5.74, 6) is 0. The third kappa shape index (κ3) is 3.67. The fourth-order valence-corrected chi connectivity index (χ4v) is 3.33. The van der Waals surface area contributed by atoms with Crippen molar-refractivity contribution in [3.8, 4) is 0 Å². The van der Waals surface area contributed by atoms with Gasteiger partial charge in [0.05, 0.1) is 11.8 Å². The molecule has 0 radical (unpaired) electrons. The van der Waals surface area contributed by atoms with Gasteiger partial charge in [-0.2, -0.15) is 5.10 Å². The number of aryl methyl sites for hydroxylation is 2. The molecule has 1 saturated carbocycles. The maximum absolute atomic E-state index is 5.75. The third-order valence-electron chi connectivity index (χ3n) is 4.75. The molecule has 21 heavy (non-hydrogen) atoms. The van der Waals surface area contributed by atoms with E-state index in [-0.39, 0.29) is 0 Å². The largest absolute Gasteiger partial charge is 0.378 e. The Morgan fingerprint density at radius 3 is 2.71 bits per heavy atom. The fraction of sp³-hybridized carbons (Fsp3) is 0.824. The average molecular weight is 291 g/mol. The van der Waals surface area contributed by atoms with Crippen LogP contribution < -0.4 is 5.32 Å². The minimum Gasteiger partial charge on any atom is -0.378 e. The van der Waals surface area contributed by atoms with Gasteiger partial charge >= 0.3 is 0 Å². The number of nitrogens with zero attached hydrogens (tertiary/aromatic N) is 2. The van der Waals surface area contributed by atoms with Crippen LogP contribution in [-0.4, -0.2) is 28.5 Å². The van der Waals surface area contributed by atoms with E-state index in [4.69, 9.17) is 9.84 Å². The van der Waals surface area contributed by atoms with E-state index < -0.39 is 0 Å². The van der Waals surface area contributed by atoms with E-state index in [1.807, 2.05) is 0 Å². The van der Waals surface area contributed by atoms with Gasteiger partial charge in [-0.3, -0.25) is 4.68 Å². The summed E-state index contributed by atoms with van der Waals surface area (Å²) < 4.78 is 8.00. The van der Waals surface area contributed by atoms with Gasteiger partial charge in [0.15, 0.2) is 0 Å². The Bertz CT molecular complexity index is 459. The van der Waals surface area contributed by atoms with E-state index in [9.17, 15) is 0 Å². The molecule has 0 aromatic carbocycles. The average Bonchev–Trinajstić information content (AvgIpc) is 3.06. The first-order chi connectivity index (χ1) is 10.3. The molecular weight excluding hydrogens is 262 g/mol. The fourth-order valence-electron chi connectivity index (χ4n) is 3.33. The molecule has 1 N–H and O–H groups in total. The topological polar surface area (TPSA) is 39.1 Å². The molecule has 2 fully saturated rings. The molecule has 118 valence electrons. The molecule has 3 rings (SSSR count). The van der Waals surface area contributed by atoms with Crippen LogP contribution in [0.15, 0.2) is 0 Å². The SMILES string of the molecule is CCc1nn(CCC2CCCO2)c(CC)c1CNC1CC1. The van der Waals surface area contributed by atoms with E-state index in [2.05, 4.69) is 23.8 Å². The standard InChI is InChI=1S/C17H29N3O/c1-3-16-15(12-18-13-7-8-13)17(4-2)20(19-16)10-9-14-6-5-11-21-14/h13-14,18H,3-12H2,1-2H3. The highest BCUT2D eigenvalue weighted by Gasteiger charge is 2.23. The molecule has 0 spiro atoms. The van der Waals surface area contributed by atoms with Crippen LogP contribution in [0.3, 0.4) is 0 Å². The number of aromatic nitrogens is 2. The van der Waals surface area contributed by atoms with Crippen LogP contribution in [0.2, 0.25) is 0 Å². The number of nitrogens with one attached hydrogen (secondary N) is 1. The maximum atomic E-state index is 5.75. The summed E-state index contributed by atoms with van der Waals surface area (Å²) in [6.45, 7) is 7.41. The second-order valence-electron chi connectivity index (χ2n) is 6.38. The molecule has 0 bridgehead atoms. The number of hydrogen-bond donors (Lipinski definition) is 1. The zero-order valence-electron chi connectivity index (χ0n) is 13.5. The zero-order valence-corrected chi connectivity index (χ0v) is 13.5. The Morgan fingerprint density at radius 1 is 1.24 bits per heavy atom. The van der Waals surface area contributed by atoms with Crippen LogP contribution in [0.4, 0.5) is 0 Å². The van der Waals surface area contributed by atoms with Gasteiger partial charge in [0, 0.05) is 37.0 Å². The lowest BCUT2D eigenvalue weighted by atomic mass is 10.1. The van der Waals surface area contributed by atoms with Crippen molar-refractivity contribution in [2.24, 2.45) is 0 Å².